The Labute approximate surface area is 147 Å². The first-order valence-electron chi connectivity index (χ1n) is 8.52. The molecule has 1 heterocycles. The van der Waals surface area contributed by atoms with E-state index in [4.69, 9.17) is 4.74 Å². The second-order valence-electron chi connectivity index (χ2n) is 6.08. The molecule has 1 N–H and O–H groups in total. The summed E-state index contributed by atoms with van der Waals surface area (Å²) in [7, 11) is 1.61. The number of likely N-dealkylation sites (N-methyl/N-ethyl adjacent to an activating group) is 1. The molecule has 0 aromatic heterocycles. The van der Waals surface area contributed by atoms with E-state index in [2.05, 4.69) is 5.32 Å². The second kappa shape index (κ2) is 9.05. The molecule has 7 nitrogen and oxygen atoms in total. The van der Waals surface area contributed by atoms with E-state index >= 15 is 0 Å². The van der Waals surface area contributed by atoms with Gasteiger partial charge in [-0.2, -0.15) is 0 Å². The maximum atomic E-state index is 12.2. The normalized spacial score (nSPS) is 14.7. The highest BCUT2D eigenvalue weighted by atomic mass is 16.6. The number of carbonyl (C=O) groups is 3. The summed E-state index contributed by atoms with van der Waals surface area (Å²) in [5, 5.41) is 2.77. The minimum absolute atomic E-state index is 0.104. The fourth-order valence-corrected chi connectivity index (χ4v) is 2.77. The summed E-state index contributed by atoms with van der Waals surface area (Å²) in [6.45, 7) is 3.52. The van der Waals surface area contributed by atoms with Gasteiger partial charge in [-0.15, -0.1) is 0 Å². The Morgan fingerprint density at radius 2 is 1.84 bits per heavy atom. The third-order valence-corrected chi connectivity index (χ3v) is 4.16. The van der Waals surface area contributed by atoms with Gasteiger partial charge >= 0.3 is 17.9 Å². The number of ether oxygens (including phenoxy) is 1. The number of benzene rings is 1. The summed E-state index contributed by atoms with van der Waals surface area (Å²) >= 11 is 0. The minimum atomic E-state index is -0.604. The van der Waals surface area contributed by atoms with Crippen LogP contribution in [0.2, 0.25) is 0 Å². The van der Waals surface area contributed by atoms with Gasteiger partial charge in [-0.1, -0.05) is 30.3 Å². The number of hydrogen-bond donors (Lipinski definition) is 1. The largest absolute Gasteiger partial charge is 0.450 e. The summed E-state index contributed by atoms with van der Waals surface area (Å²) in [4.78, 5) is 39.0. The summed E-state index contributed by atoms with van der Waals surface area (Å²) in [5.41, 5.74) is 0.967. The van der Waals surface area contributed by atoms with Gasteiger partial charge in [-0.3, -0.25) is 9.59 Å². The molecule has 1 fully saturated rings. The Morgan fingerprint density at radius 3 is 2.44 bits per heavy atom. The summed E-state index contributed by atoms with van der Waals surface area (Å²) in [5.74, 6) is -1.16. The Hall–Kier alpha value is -2.57. The van der Waals surface area contributed by atoms with Crippen LogP contribution in [0.15, 0.2) is 30.3 Å². The first kappa shape index (κ1) is 18.8. The van der Waals surface area contributed by atoms with Gasteiger partial charge in [0, 0.05) is 32.7 Å². The molecule has 0 spiro atoms. The van der Waals surface area contributed by atoms with Crippen molar-refractivity contribution in [3.8, 4) is 0 Å². The minimum Gasteiger partial charge on any atom is -0.450 e. The fourth-order valence-electron chi connectivity index (χ4n) is 2.77. The molecular formula is C18H25N3O4. The van der Waals surface area contributed by atoms with Gasteiger partial charge in [0.1, 0.15) is 0 Å². The van der Waals surface area contributed by atoms with E-state index in [1.165, 1.54) is 4.90 Å². The number of piperidine rings is 1. The summed E-state index contributed by atoms with van der Waals surface area (Å²) in [6, 6.07) is 9.41. The molecule has 1 saturated heterocycles. The predicted octanol–water partition coefficient (Wildman–Crippen LogP) is 1.38. The molecule has 3 amide bonds. The molecule has 25 heavy (non-hydrogen) atoms. The van der Waals surface area contributed by atoms with Crippen molar-refractivity contribution < 1.29 is 19.1 Å². The van der Waals surface area contributed by atoms with E-state index in [-0.39, 0.29) is 12.1 Å². The van der Waals surface area contributed by atoms with Crippen LogP contribution in [0.4, 0.5) is 4.79 Å². The van der Waals surface area contributed by atoms with Crippen molar-refractivity contribution in [3.05, 3.63) is 35.9 Å². The van der Waals surface area contributed by atoms with Crippen LogP contribution in [0, 0.1) is 0 Å². The van der Waals surface area contributed by atoms with Gasteiger partial charge < -0.3 is 19.9 Å². The van der Waals surface area contributed by atoms with E-state index < -0.39 is 11.8 Å². The molecule has 0 radical (unpaired) electrons. The van der Waals surface area contributed by atoms with Crippen LogP contribution >= 0.6 is 0 Å². The lowest BCUT2D eigenvalue weighted by Crippen LogP contribution is -2.50. The smallest absolute Gasteiger partial charge is 0.409 e. The Balaban J connectivity index is 1.78. The van der Waals surface area contributed by atoms with Crippen LogP contribution in [0.1, 0.15) is 25.3 Å². The molecule has 7 heteroatoms. The van der Waals surface area contributed by atoms with E-state index in [0.717, 1.165) is 5.56 Å². The van der Waals surface area contributed by atoms with Gasteiger partial charge in [0.15, 0.2) is 0 Å². The van der Waals surface area contributed by atoms with E-state index in [1.54, 1.807) is 18.9 Å². The standard InChI is InChI=1S/C18H25N3O4/c1-3-25-18(24)21-11-9-15(10-12-21)19-16(22)17(23)20(2)13-14-7-5-4-6-8-14/h4-8,15H,3,9-13H2,1-2H3,(H,19,22). The van der Waals surface area contributed by atoms with E-state index in [1.807, 2.05) is 30.3 Å². The van der Waals surface area contributed by atoms with Crippen molar-refractivity contribution >= 4 is 17.9 Å². The molecule has 0 unspecified atom stereocenters. The van der Waals surface area contributed by atoms with Crippen molar-refractivity contribution in [2.24, 2.45) is 0 Å². The molecule has 0 bridgehead atoms. The number of rotatable bonds is 4. The highest BCUT2D eigenvalue weighted by Crippen LogP contribution is 2.12. The summed E-state index contributed by atoms with van der Waals surface area (Å²) in [6.07, 6.45) is 0.895. The molecule has 0 aliphatic carbocycles. The van der Waals surface area contributed by atoms with Gasteiger partial charge in [-0.25, -0.2) is 4.79 Å². The SMILES string of the molecule is CCOC(=O)N1CCC(NC(=O)C(=O)N(C)Cc2ccccc2)CC1. The highest BCUT2D eigenvalue weighted by Gasteiger charge is 2.27. The number of hydrogen-bond acceptors (Lipinski definition) is 4. The second-order valence-corrected chi connectivity index (χ2v) is 6.08. The lowest BCUT2D eigenvalue weighted by Gasteiger charge is -2.31. The van der Waals surface area contributed by atoms with Crippen LogP contribution in [0.3, 0.4) is 0 Å². The van der Waals surface area contributed by atoms with E-state index in [0.29, 0.717) is 39.1 Å². The Morgan fingerprint density at radius 1 is 1.20 bits per heavy atom. The molecule has 1 aliphatic heterocycles. The number of carbonyl (C=O) groups excluding carboxylic acids is 3. The molecular weight excluding hydrogens is 322 g/mol. The maximum Gasteiger partial charge on any atom is 0.409 e. The Bertz CT molecular complexity index is 598. The quantitative estimate of drug-likeness (QED) is 0.835. The lowest BCUT2D eigenvalue weighted by molar-refractivity contribution is -0.145. The van der Waals surface area contributed by atoms with Crippen molar-refractivity contribution in [2.45, 2.75) is 32.4 Å². The zero-order valence-corrected chi connectivity index (χ0v) is 14.7. The Kier molecular flexibility index (Phi) is 6.80. The van der Waals surface area contributed by atoms with Crippen molar-refractivity contribution in [1.82, 2.24) is 15.1 Å². The third-order valence-electron chi connectivity index (χ3n) is 4.16. The van der Waals surface area contributed by atoms with Crippen molar-refractivity contribution in [1.29, 1.82) is 0 Å². The molecule has 1 aromatic rings. The lowest BCUT2D eigenvalue weighted by atomic mass is 10.1. The first-order chi connectivity index (χ1) is 12.0. The molecule has 0 atom stereocenters. The van der Waals surface area contributed by atoms with Crippen LogP contribution < -0.4 is 5.32 Å². The molecule has 1 aliphatic rings. The van der Waals surface area contributed by atoms with Crippen molar-refractivity contribution in [2.75, 3.05) is 26.7 Å². The van der Waals surface area contributed by atoms with Crippen LogP contribution in [-0.2, 0) is 20.9 Å². The van der Waals surface area contributed by atoms with Crippen molar-refractivity contribution in [3.63, 3.8) is 0 Å². The van der Waals surface area contributed by atoms with E-state index in [9.17, 15) is 14.4 Å². The number of likely N-dealkylation sites (tertiary alicyclic amines) is 1. The molecule has 1 aromatic carbocycles. The van der Waals surface area contributed by atoms with Crippen LogP contribution in [0.5, 0.6) is 0 Å². The summed E-state index contributed by atoms with van der Waals surface area (Å²) < 4.78 is 4.96. The van der Waals surface area contributed by atoms with Gasteiger partial charge in [0.2, 0.25) is 0 Å². The molecule has 136 valence electrons. The zero-order chi connectivity index (χ0) is 18.2. The van der Waals surface area contributed by atoms with Crippen LogP contribution in [0.25, 0.3) is 0 Å². The third kappa shape index (κ3) is 5.48. The molecule has 2 rings (SSSR count). The molecule has 0 saturated carbocycles. The predicted molar refractivity (Wildman–Crippen MR) is 92.7 cm³/mol. The average molecular weight is 347 g/mol. The van der Waals surface area contributed by atoms with Crippen LogP contribution in [-0.4, -0.2) is 60.5 Å². The number of nitrogens with zero attached hydrogens (tertiary/aromatic N) is 2. The van der Waals surface area contributed by atoms with Gasteiger partial charge in [0.05, 0.1) is 6.61 Å². The van der Waals surface area contributed by atoms with Gasteiger partial charge in [-0.05, 0) is 25.3 Å². The average Bonchev–Trinajstić information content (AvgIpc) is 2.62. The maximum absolute atomic E-state index is 12.2. The topological polar surface area (TPSA) is 79.0 Å². The fraction of sp³-hybridized carbons (Fsp3) is 0.500. The first-order valence-corrected chi connectivity index (χ1v) is 8.52. The number of amides is 3. The number of nitrogens with one attached hydrogen (secondary N) is 1. The highest BCUT2D eigenvalue weighted by molar-refractivity contribution is 6.34. The van der Waals surface area contributed by atoms with Gasteiger partial charge in [0.25, 0.3) is 0 Å². The monoisotopic (exact) mass is 347 g/mol. The zero-order valence-electron chi connectivity index (χ0n) is 14.7.